The zero-order chi connectivity index (χ0) is 15.6. The smallest absolute Gasteiger partial charge is 0.235 e. The Kier molecular flexibility index (Phi) is 3.61. The summed E-state index contributed by atoms with van der Waals surface area (Å²) in [6.45, 7) is 0. The fourth-order valence-corrected chi connectivity index (χ4v) is 3.09. The van der Waals surface area contributed by atoms with Gasteiger partial charge in [0.05, 0.1) is 0 Å². The number of nitrogens with zero attached hydrogens (tertiary/aromatic N) is 5. The lowest BCUT2D eigenvalue weighted by atomic mass is 10.2. The molecule has 0 aliphatic carbocycles. The van der Waals surface area contributed by atoms with E-state index in [0.29, 0.717) is 10.8 Å². The monoisotopic (exact) mass is 339 g/mol. The van der Waals surface area contributed by atoms with Gasteiger partial charge < -0.3 is 0 Å². The molecule has 0 saturated heterocycles. The summed E-state index contributed by atoms with van der Waals surface area (Å²) in [5, 5.41) is 14.5. The maximum Gasteiger partial charge on any atom is 0.235 e. The predicted octanol–water partition coefficient (Wildman–Crippen LogP) is 4.07. The standard InChI is InChI=1S/C16H10ClN5S/c17-13-5-1-3-11(9-13)6-7-14-21-22-15(19-20-16(22)23-14)12-4-2-8-18-10-12/h1-10H/b7-6+. The van der Waals surface area contributed by atoms with Crippen molar-refractivity contribution in [3.63, 3.8) is 0 Å². The van der Waals surface area contributed by atoms with Crippen molar-refractivity contribution in [2.75, 3.05) is 0 Å². The van der Waals surface area contributed by atoms with E-state index in [-0.39, 0.29) is 0 Å². The molecule has 7 heteroatoms. The molecular weight excluding hydrogens is 330 g/mol. The number of pyridine rings is 1. The molecule has 1 aromatic carbocycles. The van der Waals surface area contributed by atoms with Gasteiger partial charge in [-0.05, 0) is 35.9 Å². The first-order valence-corrected chi connectivity index (χ1v) is 8.05. The summed E-state index contributed by atoms with van der Waals surface area (Å²) in [4.78, 5) is 4.85. The molecule has 4 rings (SSSR count). The number of fused-ring (bicyclic) bond motifs is 1. The van der Waals surface area contributed by atoms with E-state index >= 15 is 0 Å². The van der Waals surface area contributed by atoms with Gasteiger partial charge in [-0.15, -0.1) is 10.2 Å². The van der Waals surface area contributed by atoms with Gasteiger partial charge in [0.25, 0.3) is 0 Å². The molecule has 0 radical (unpaired) electrons. The van der Waals surface area contributed by atoms with Crippen molar-refractivity contribution in [2.24, 2.45) is 0 Å². The van der Waals surface area contributed by atoms with Crippen LogP contribution in [0.25, 0.3) is 28.5 Å². The second-order valence-electron chi connectivity index (χ2n) is 4.79. The van der Waals surface area contributed by atoms with Crippen LogP contribution >= 0.6 is 22.9 Å². The van der Waals surface area contributed by atoms with E-state index in [1.165, 1.54) is 11.3 Å². The van der Waals surface area contributed by atoms with E-state index in [0.717, 1.165) is 21.1 Å². The number of rotatable bonds is 3. The third-order valence-corrected chi connectivity index (χ3v) is 4.29. The number of aromatic nitrogens is 5. The first-order chi connectivity index (χ1) is 11.3. The molecule has 5 nitrogen and oxygen atoms in total. The van der Waals surface area contributed by atoms with E-state index in [2.05, 4.69) is 20.3 Å². The summed E-state index contributed by atoms with van der Waals surface area (Å²) in [6, 6.07) is 11.5. The molecule has 0 spiro atoms. The van der Waals surface area contributed by atoms with Crippen LogP contribution in [0.2, 0.25) is 5.02 Å². The first kappa shape index (κ1) is 14.0. The van der Waals surface area contributed by atoms with Gasteiger partial charge in [-0.2, -0.15) is 9.61 Å². The van der Waals surface area contributed by atoms with Crippen LogP contribution < -0.4 is 0 Å². The number of benzene rings is 1. The topological polar surface area (TPSA) is 56.0 Å². The van der Waals surface area contributed by atoms with Crippen LogP contribution in [-0.4, -0.2) is 24.8 Å². The fourth-order valence-electron chi connectivity index (χ4n) is 2.15. The molecule has 3 heterocycles. The molecule has 0 aliphatic heterocycles. The quantitative estimate of drug-likeness (QED) is 0.564. The highest BCUT2D eigenvalue weighted by Gasteiger charge is 2.12. The number of halogens is 1. The molecule has 0 amide bonds. The van der Waals surface area contributed by atoms with Crippen LogP contribution in [0.3, 0.4) is 0 Å². The summed E-state index contributed by atoms with van der Waals surface area (Å²) in [5.74, 6) is 0.687. The van der Waals surface area contributed by atoms with Gasteiger partial charge in [0.2, 0.25) is 4.96 Å². The van der Waals surface area contributed by atoms with Crippen molar-refractivity contribution in [3.05, 3.63) is 64.4 Å². The van der Waals surface area contributed by atoms with Crippen molar-refractivity contribution < 1.29 is 0 Å². The lowest BCUT2D eigenvalue weighted by Crippen LogP contribution is -1.90. The molecule has 0 fully saturated rings. The normalized spacial score (nSPS) is 11.5. The van der Waals surface area contributed by atoms with E-state index in [4.69, 9.17) is 11.6 Å². The Morgan fingerprint density at radius 3 is 2.87 bits per heavy atom. The third kappa shape index (κ3) is 2.86. The highest BCUT2D eigenvalue weighted by Crippen LogP contribution is 2.22. The summed E-state index contributed by atoms with van der Waals surface area (Å²) >= 11 is 7.46. The fraction of sp³-hybridized carbons (Fsp3) is 0. The van der Waals surface area contributed by atoms with Crippen molar-refractivity contribution >= 4 is 40.1 Å². The van der Waals surface area contributed by atoms with Gasteiger partial charge in [-0.25, -0.2) is 0 Å². The van der Waals surface area contributed by atoms with Gasteiger partial charge in [0.15, 0.2) is 5.82 Å². The van der Waals surface area contributed by atoms with Gasteiger partial charge >= 0.3 is 0 Å². The minimum absolute atomic E-state index is 0.687. The zero-order valence-corrected chi connectivity index (χ0v) is 13.4. The number of hydrogen-bond acceptors (Lipinski definition) is 5. The number of hydrogen-bond donors (Lipinski definition) is 0. The Balaban J connectivity index is 1.69. The lowest BCUT2D eigenvalue weighted by Gasteiger charge is -1.94. The Hall–Kier alpha value is -2.57. The lowest BCUT2D eigenvalue weighted by molar-refractivity contribution is 0.958. The van der Waals surface area contributed by atoms with Gasteiger partial charge in [0, 0.05) is 23.0 Å². The highest BCUT2D eigenvalue weighted by molar-refractivity contribution is 7.17. The van der Waals surface area contributed by atoms with Crippen LogP contribution in [0.5, 0.6) is 0 Å². The second-order valence-corrected chi connectivity index (χ2v) is 6.21. The Bertz CT molecular complexity index is 990. The molecule has 0 unspecified atom stereocenters. The van der Waals surface area contributed by atoms with Crippen molar-refractivity contribution in [1.29, 1.82) is 0 Å². The summed E-state index contributed by atoms with van der Waals surface area (Å²) in [5.41, 5.74) is 1.91. The van der Waals surface area contributed by atoms with Crippen molar-refractivity contribution in [3.8, 4) is 11.4 Å². The van der Waals surface area contributed by atoms with Gasteiger partial charge in [-0.3, -0.25) is 4.98 Å². The van der Waals surface area contributed by atoms with E-state index < -0.39 is 0 Å². The average Bonchev–Trinajstić information content (AvgIpc) is 3.14. The second kappa shape index (κ2) is 5.91. The Morgan fingerprint density at radius 2 is 2.04 bits per heavy atom. The average molecular weight is 340 g/mol. The van der Waals surface area contributed by atoms with E-state index in [1.807, 2.05) is 48.6 Å². The molecule has 4 aromatic rings. The Labute approximate surface area is 140 Å². The maximum atomic E-state index is 5.99. The molecule has 0 saturated carbocycles. The van der Waals surface area contributed by atoms with Crippen LogP contribution in [0.1, 0.15) is 10.6 Å². The summed E-state index contributed by atoms with van der Waals surface area (Å²) < 4.78 is 1.74. The van der Waals surface area contributed by atoms with Crippen LogP contribution in [-0.2, 0) is 0 Å². The molecular formula is C16H10ClN5S. The molecule has 112 valence electrons. The maximum absolute atomic E-state index is 5.99. The van der Waals surface area contributed by atoms with Crippen molar-refractivity contribution in [1.82, 2.24) is 24.8 Å². The van der Waals surface area contributed by atoms with Crippen LogP contribution in [0.15, 0.2) is 48.8 Å². The third-order valence-electron chi connectivity index (χ3n) is 3.19. The van der Waals surface area contributed by atoms with Gasteiger partial charge in [-0.1, -0.05) is 41.1 Å². The summed E-state index contributed by atoms with van der Waals surface area (Å²) in [6.07, 6.45) is 7.39. The minimum atomic E-state index is 0.687. The van der Waals surface area contributed by atoms with Crippen molar-refractivity contribution in [2.45, 2.75) is 0 Å². The highest BCUT2D eigenvalue weighted by atomic mass is 35.5. The first-order valence-electron chi connectivity index (χ1n) is 6.86. The Morgan fingerprint density at radius 1 is 1.09 bits per heavy atom. The summed E-state index contributed by atoms with van der Waals surface area (Å²) in [7, 11) is 0. The molecule has 0 bridgehead atoms. The van der Waals surface area contributed by atoms with E-state index in [9.17, 15) is 0 Å². The van der Waals surface area contributed by atoms with Crippen LogP contribution in [0, 0.1) is 0 Å². The molecule has 0 atom stereocenters. The molecule has 3 aromatic heterocycles. The van der Waals surface area contributed by atoms with Gasteiger partial charge in [0.1, 0.15) is 5.01 Å². The molecule has 0 N–H and O–H groups in total. The predicted molar refractivity (Wildman–Crippen MR) is 92.3 cm³/mol. The van der Waals surface area contributed by atoms with E-state index in [1.54, 1.807) is 16.9 Å². The molecule has 23 heavy (non-hydrogen) atoms. The minimum Gasteiger partial charge on any atom is -0.264 e. The largest absolute Gasteiger partial charge is 0.264 e. The SMILES string of the molecule is Clc1cccc(/C=C/c2nn3c(-c4cccnc4)nnc3s2)c1. The molecule has 0 aliphatic rings. The van der Waals surface area contributed by atoms with Crippen LogP contribution in [0.4, 0.5) is 0 Å². The zero-order valence-electron chi connectivity index (χ0n) is 11.8.